The number of nitrogens with zero attached hydrogens (tertiary/aromatic N) is 2. The van der Waals surface area contributed by atoms with Gasteiger partial charge in [0.2, 0.25) is 6.79 Å². The quantitative estimate of drug-likeness (QED) is 0.552. The maximum Gasteiger partial charge on any atom is 0.274 e. The molecule has 3 aromatic rings. The Labute approximate surface area is 162 Å². The monoisotopic (exact) mass is 379 g/mol. The van der Waals surface area contributed by atoms with Crippen LogP contribution in [0.25, 0.3) is 5.69 Å². The predicted molar refractivity (Wildman–Crippen MR) is 105 cm³/mol. The first-order valence-corrected chi connectivity index (χ1v) is 8.93. The fraction of sp³-hybridized carbons (Fsp3) is 0.238. The van der Waals surface area contributed by atoms with Crippen molar-refractivity contribution in [1.29, 1.82) is 0 Å². The summed E-state index contributed by atoms with van der Waals surface area (Å²) in [6.45, 7) is 7.83. The first kappa shape index (κ1) is 17.9. The summed E-state index contributed by atoms with van der Waals surface area (Å²) in [6.07, 6.45) is 1.64. The van der Waals surface area contributed by atoms with Gasteiger partial charge < -0.3 is 18.5 Å². The Morgan fingerprint density at radius 1 is 1.11 bits per heavy atom. The molecule has 0 saturated carbocycles. The minimum Gasteiger partial charge on any atom is -0.466 e. The van der Waals surface area contributed by atoms with Gasteiger partial charge in [-0.25, -0.2) is 5.43 Å². The zero-order valence-electron chi connectivity index (χ0n) is 16.2. The average Bonchev–Trinajstić information content (AvgIpc) is 3.32. The standard InChI is InChI=1S/C21H21N3O4/c1-12-7-16(10-22-23-21(25)18-8-13(2)28-15(18)4)14(3)24(12)17-5-6-19-20(9-17)27-11-26-19/h5-10H,11H2,1-4H3,(H,23,25)/b22-10-. The first-order valence-electron chi connectivity index (χ1n) is 8.93. The lowest BCUT2D eigenvalue weighted by Gasteiger charge is -2.10. The summed E-state index contributed by atoms with van der Waals surface area (Å²) in [5, 5.41) is 4.11. The number of hydrogen-bond acceptors (Lipinski definition) is 5. The number of rotatable bonds is 4. The Morgan fingerprint density at radius 3 is 2.64 bits per heavy atom. The number of benzene rings is 1. The molecule has 0 atom stereocenters. The van der Waals surface area contributed by atoms with Gasteiger partial charge in [0.05, 0.1) is 11.8 Å². The molecule has 4 rings (SSSR count). The molecule has 0 saturated heterocycles. The largest absolute Gasteiger partial charge is 0.466 e. The molecule has 0 radical (unpaired) electrons. The van der Waals surface area contributed by atoms with Gasteiger partial charge in [0.15, 0.2) is 11.5 Å². The number of carbonyl (C=O) groups excluding carboxylic acids is 1. The molecule has 0 bridgehead atoms. The van der Waals surface area contributed by atoms with Gasteiger partial charge >= 0.3 is 0 Å². The van der Waals surface area contributed by atoms with E-state index in [-0.39, 0.29) is 12.7 Å². The summed E-state index contributed by atoms with van der Waals surface area (Å²) in [5.74, 6) is 2.46. The number of ether oxygens (including phenoxy) is 2. The zero-order valence-corrected chi connectivity index (χ0v) is 16.2. The van der Waals surface area contributed by atoms with Crippen molar-refractivity contribution in [1.82, 2.24) is 9.99 Å². The maximum atomic E-state index is 12.2. The van der Waals surface area contributed by atoms with E-state index >= 15 is 0 Å². The van der Waals surface area contributed by atoms with E-state index in [0.29, 0.717) is 17.1 Å². The van der Waals surface area contributed by atoms with Gasteiger partial charge in [0, 0.05) is 28.7 Å². The van der Waals surface area contributed by atoms with E-state index in [1.165, 1.54) is 0 Å². The van der Waals surface area contributed by atoms with Crippen LogP contribution in [0.2, 0.25) is 0 Å². The molecule has 1 N–H and O–H groups in total. The van der Waals surface area contributed by atoms with E-state index in [0.717, 1.165) is 34.1 Å². The number of fused-ring (bicyclic) bond motifs is 1. The van der Waals surface area contributed by atoms with E-state index in [4.69, 9.17) is 13.9 Å². The fourth-order valence-corrected chi connectivity index (χ4v) is 3.42. The lowest BCUT2D eigenvalue weighted by Crippen LogP contribution is -2.17. The minimum absolute atomic E-state index is 0.246. The molecule has 28 heavy (non-hydrogen) atoms. The van der Waals surface area contributed by atoms with Gasteiger partial charge in [-0.2, -0.15) is 5.10 Å². The van der Waals surface area contributed by atoms with E-state index in [1.54, 1.807) is 26.1 Å². The Bertz CT molecular complexity index is 1090. The van der Waals surface area contributed by atoms with Crippen LogP contribution < -0.4 is 14.9 Å². The molecule has 3 heterocycles. The highest BCUT2D eigenvalue weighted by atomic mass is 16.7. The summed E-state index contributed by atoms with van der Waals surface area (Å²) in [6, 6.07) is 9.56. The molecule has 7 nitrogen and oxygen atoms in total. The second-order valence-corrected chi connectivity index (χ2v) is 6.73. The van der Waals surface area contributed by atoms with E-state index < -0.39 is 0 Å². The zero-order chi connectivity index (χ0) is 19.8. The molecule has 7 heteroatoms. The van der Waals surface area contributed by atoms with Crippen LogP contribution >= 0.6 is 0 Å². The van der Waals surface area contributed by atoms with Crippen LogP contribution in [0.15, 0.2) is 39.9 Å². The number of aryl methyl sites for hydroxylation is 3. The van der Waals surface area contributed by atoms with E-state index in [9.17, 15) is 4.79 Å². The molecular weight excluding hydrogens is 358 g/mol. The Balaban J connectivity index is 1.55. The Morgan fingerprint density at radius 2 is 1.89 bits per heavy atom. The highest BCUT2D eigenvalue weighted by Crippen LogP contribution is 2.34. The van der Waals surface area contributed by atoms with Crippen LogP contribution in [-0.2, 0) is 0 Å². The van der Waals surface area contributed by atoms with Gasteiger partial charge in [-0.1, -0.05) is 0 Å². The third-order valence-corrected chi connectivity index (χ3v) is 4.74. The van der Waals surface area contributed by atoms with Gasteiger partial charge in [-0.3, -0.25) is 4.79 Å². The number of aromatic nitrogens is 1. The van der Waals surface area contributed by atoms with Gasteiger partial charge in [-0.05, 0) is 52.0 Å². The third kappa shape index (κ3) is 3.15. The average molecular weight is 379 g/mol. The number of nitrogens with one attached hydrogen (secondary N) is 1. The predicted octanol–water partition coefficient (Wildman–Crippen LogP) is 3.80. The molecule has 0 unspecified atom stereocenters. The van der Waals surface area contributed by atoms with Gasteiger partial charge in [0.1, 0.15) is 11.5 Å². The SMILES string of the molecule is Cc1cc(C(=O)N/N=C\c2cc(C)n(-c3ccc4c(c3)OCO4)c2C)c(C)o1. The molecule has 1 aliphatic rings. The summed E-state index contributed by atoms with van der Waals surface area (Å²) < 4.78 is 18.3. The molecule has 0 spiro atoms. The van der Waals surface area contributed by atoms with Crippen molar-refractivity contribution in [3.63, 3.8) is 0 Å². The fourth-order valence-electron chi connectivity index (χ4n) is 3.42. The molecular formula is C21H21N3O4. The van der Waals surface area contributed by atoms with Crippen molar-refractivity contribution < 1.29 is 18.7 Å². The highest BCUT2D eigenvalue weighted by Gasteiger charge is 2.17. The number of amides is 1. The second-order valence-electron chi connectivity index (χ2n) is 6.73. The summed E-state index contributed by atoms with van der Waals surface area (Å²) in [5.41, 5.74) is 6.99. The van der Waals surface area contributed by atoms with Crippen LogP contribution in [0, 0.1) is 27.7 Å². The Hall–Kier alpha value is -3.48. The molecule has 144 valence electrons. The van der Waals surface area contributed by atoms with E-state index in [1.807, 2.05) is 38.1 Å². The number of hydrogen-bond donors (Lipinski definition) is 1. The minimum atomic E-state index is -0.296. The van der Waals surface area contributed by atoms with Crippen molar-refractivity contribution >= 4 is 12.1 Å². The smallest absolute Gasteiger partial charge is 0.274 e. The van der Waals surface area contributed by atoms with Crippen molar-refractivity contribution in [2.45, 2.75) is 27.7 Å². The van der Waals surface area contributed by atoms with Gasteiger partial charge in [-0.15, -0.1) is 0 Å². The maximum absolute atomic E-state index is 12.2. The Kier molecular flexibility index (Phi) is 4.43. The number of furan rings is 1. The van der Waals surface area contributed by atoms with Crippen LogP contribution in [0.4, 0.5) is 0 Å². The van der Waals surface area contributed by atoms with E-state index in [2.05, 4.69) is 15.1 Å². The lowest BCUT2D eigenvalue weighted by molar-refractivity contribution is 0.0953. The number of hydrazone groups is 1. The molecule has 2 aromatic heterocycles. The van der Waals surface area contributed by atoms with Crippen molar-refractivity contribution in [3.8, 4) is 17.2 Å². The van der Waals surface area contributed by atoms with Crippen LogP contribution in [-0.4, -0.2) is 23.5 Å². The molecule has 1 aromatic carbocycles. The van der Waals surface area contributed by atoms with Crippen LogP contribution in [0.3, 0.4) is 0 Å². The normalized spacial score (nSPS) is 12.7. The van der Waals surface area contributed by atoms with Crippen molar-refractivity contribution in [2.24, 2.45) is 5.10 Å². The van der Waals surface area contributed by atoms with Crippen molar-refractivity contribution in [3.05, 3.63) is 64.4 Å². The van der Waals surface area contributed by atoms with Crippen LogP contribution in [0.1, 0.15) is 38.8 Å². The summed E-state index contributed by atoms with van der Waals surface area (Å²) in [7, 11) is 0. The van der Waals surface area contributed by atoms with Crippen LogP contribution in [0.5, 0.6) is 11.5 Å². The second kappa shape index (κ2) is 6.92. The highest BCUT2D eigenvalue weighted by molar-refractivity contribution is 5.96. The van der Waals surface area contributed by atoms with Crippen molar-refractivity contribution in [2.75, 3.05) is 6.79 Å². The lowest BCUT2D eigenvalue weighted by atomic mass is 10.2. The summed E-state index contributed by atoms with van der Waals surface area (Å²) >= 11 is 0. The first-order chi connectivity index (χ1) is 13.4. The topological polar surface area (TPSA) is 78.0 Å². The van der Waals surface area contributed by atoms with Gasteiger partial charge in [0.25, 0.3) is 5.91 Å². The molecule has 1 amide bonds. The third-order valence-electron chi connectivity index (χ3n) is 4.74. The molecule has 0 fully saturated rings. The molecule has 1 aliphatic heterocycles. The summed E-state index contributed by atoms with van der Waals surface area (Å²) in [4.78, 5) is 12.2. The molecule has 0 aliphatic carbocycles. The number of carbonyl (C=O) groups is 1.